The second-order valence-corrected chi connectivity index (χ2v) is 19.2. The van der Waals surface area contributed by atoms with Gasteiger partial charge in [0.15, 0.2) is 0 Å². The lowest BCUT2D eigenvalue weighted by Gasteiger charge is -2.34. The fourth-order valence-electron chi connectivity index (χ4n) is 7.36. The van der Waals surface area contributed by atoms with Crippen LogP contribution in [0.1, 0.15) is 91.0 Å². The SMILES string of the molecule is Cc1ccccc1C[C@H](NC(=O)[C@H](NC(=O)[C@H](Cc1cn(-c2ccc([N+](=O)[O-])cc2[N+](=O)[O-])cn1)NC(=O)CCC(=O)O)C(C)C)C(=O)N[C@H](C(=O)N[C@@H](CC(C)C)C(=O)NC(C=O)CC(F)(F)F)C(C)(C)C. The van der Waals surface area contributed by atoms with E-state index in [1.807, 2.05) is 5.32 Å². The number of non-ortho nitro benzene ring substituents is 1. The van der Waals surface area contributed by atoms with Crippen LogP contribution in [0, 0.1) is 44.4 Å². The molecular weight excluding hydrogens is 970 g/mol. The highest BCUT2D eigenvalue weighted by molar-refractivity contribution is 5.97. The van der Waals surface area contributed by atoms with Gasteiger partial charge in [-0.05, 0) is 47.8 Å². The molecule has 0 bridgehead atoms. The lowest BCUT2D eigenvalue weighted by Crippen LogP contribution is -2.62. The standard InChI is InChI=1S/C47H61F3N10O13/c1-25(2)17-32(41(65)52-30(23-61)21-47(48,49)50)55-45(69)40(46(6,7)8)57-43(67)33(18-28-12-10-9-11-27(28)5)54-44(68)39(26(3)4)56-42(66)34(53-37(62)15-16-38(63)64)19-29-22-58(24-51-29)35-14-13-31(59(70)71)20-36(35)60(72)73/h9-14,20,22-26,30,32-34,39-40H,15-19,21H2,1-8H3,(H,52,65)(H,53,62)(H,54,68)(H,55,69)(H,56,66)(H,57,67)(H,63,64)/t30?,32-,33-,34-,39+,40+/m0/s1. The zero-order valence-corrected chi connectivity index (χ0v) is 41.4. The number of carboxylic acid groups (broad SMARTS) is 1. The summed E-state index contributed by atoms with van der Waals surface area (Å²) < 4.78 is 40.5. The molecule has 0 saturated carbocycles. The van der Waals surface area contributed by atoms with Gasteiger partial charge in [-0.1, -0.05) is 72.7 Å². The molecule has 0 aliphatic heterocycles. The van der Waals surface area contributed by atoms with E-state index in [0.717, 1.165) is 29.1 Å². The number of carbonyl (C=O) groups excluding carboxylic acids is 7. The minimum absolute atomic E-state index is 0.0482. The number of nitrogens with one attached hydrogen (secondary N) is 6. The van der Waals surface area contributed by atoms with Crippen LogP contribution in [0.5, 0.6) is 0 Å². The van der Waals surface area contributed by atoms with Gasteiger partial charge in [0.2, 0.25) is 35.4 Å². The number of hydrogen-bond donors (Lipinski definition) is 7. The molecule has 0 radical (unpaired) electrons. The molecule has 1 heterocycles. The number of aromatic nitrogens is 2. The van der Waals surface area contributed by atoms with Crippen LogP contribution in [0.4, 0.5) is 24.5 Å². The molecule has 1 unspecified atom stereocenters. The van der Waals surface area contributed by atoms with E-state index < -0.39 is 142 Å². The first-order valence-electron chi connectivity index (χ1n) is 23.0. The first-order chi connectivity index (χ1) is 33.9. The first kappa shape index (κ1) is 59.5. The molecule has 23 nitrogen and oxygen atoms in total. The van der Waals surface area contributed by atoms with Crippen molar-refractivity contribution in [3.8, 4) is 5.69 Å². The number of amides is 6. The molecule has 0 saturated heterocycles. The maximum atomic E-state index is 14.5. The van der Waals surface area contributed by atoms with Crippen LogP contribution in [0.15, 0.2) is 55.0 Å². The number of aryl methyl sites for hydroxylation is 1. The van der Waals surface area contributed by atoms with E-state index in [1.165, 1.54) is 6.20 Å². The monoisotopic (exact) mass is 1030 g/mol. The second-order valence-electron chi connectivity index (χ2n) is 19.2. The Balaban J connectivity index is 1.98. The van der Waals surface area contributed by atoms with Gasteiger partial charge >= 0.3 is 12.1 Å². The fourth-order valence-corrected chi connectivity index (χ4v) is 7.36. The molecule has 0 spiro atoms. The van der Waals surface area contributed by atoms with Crippen LogP contribution < -0.4 is 31.9 Å². The molecule has 398 valence electrons. The summed E-state index contributed by atoms with van der Waals surface area (Å²) in [5, 5.41) is 47.2. The van der Waals surface area contributed by atoms with Crippen molar-refractivity contribution >= 4 is 59.1 Å². The van der Waals surface area contributed by atoms with Crippen LogP contribution in [0.2, 0.25) is 0 Å². The number of rotatable bonds is 26. The lowest BCUT2D eigenvalue weighted by atomic mass is 9.85. The van der Waals surface area contributed by atoms with E-state index in [2.05, 4.69) is 31.6 Å². The van der Waals surface area contributed by atoms with Crippen molar-refractivity contribution in [2.24, 2.45) is 17.3 Å². The van der Waals surface area contributed by atoms with Gasteiger partial charge < -0.3 is 41.8 Å². The molecule has 1 aromatic heterocycles. The number of imidazole rings is 1. The summed E-state index contributed by atoms with van der Waals surface area (Å²) in [7, 11) is 0. The highest BCUT2D eigenvalue weighted by Gasteiger charge is 2.39. The molecule has 0 aliphatic carbocycles. The molecule has 73 heavy (non-hydrogen) atoms. The van der Waals surface area contributed by atoms with Gasteiger partial charge in [-0.3, -0.25) is 58.4 Å². The number of nitro groups is 2. The number of hydrogen-bond acceptors (Lipinski definition) is 13. The predicted molar refractivity (Wildman–Crippen MR) is 254 cm³/mol. The van der Waals surface area contributed by atoms with E-state index in [0.29, 0.717) is 11.1 Å². The number of nitro benzene ring substituents is 2. The fraction of sp³-hybridized carbons (Fsp3) is 0.511. The summed E-state index contributed by atoms with van der Waals surface area (Å²) in [6.07, 6.45) is -5.97. The number of carbonyl (C=O) groups is 8. The smallest absolute Gasteiger partial charge is 0.391 e. The van der Waals surface area contributed by atoms with E-state index >= 15 is 0 Å². The number of alkyl halides is 3. The Kier molecular flexibility index (Phi) is 21.2. The molecule has 3 rings (SSSR count). The molecule has 0 fully saturated rings. The minimum Gasteiger partial charge on any atom is -0.481 e. The maximum Gasteiger partial charge on any atom is 0.391 e. The van der Waals surface area contributed by atoms with Gasteiger partial charge in [-0.25, -0.2) is 4.98 Å². The van der Waals surface area contributed by atoms with E-state index in [9.17, 15) is 76.9 Å². The molecule has 2 aromatic carbocycles. The average Bonchev–Trinajstić information content (AvgIpc) is 3.75. The predicted octanol–water partition coefficient (Wildman–Crippen LogP) is 3.46. The van der Waals surface area contributed by atoms with Gasteiger partial charge in [0.25, 0.3) is 11.4 Å². The van der Waals surface area contributed by atoms with Crippen molar-refractivity contribution in [3.63, 3.8) is 0 Å². The Labute approximate surface area is 417 Å². The summed E-state index contributed by atoms with van der Waals surface area (Å²) in [5.41, 5.74) is -1.10. The highest BCUT2D eigenvalue weighted by Crippen LogP contribution is 2.28. The molecule has 0 aliphatic rings. The van der Waals surface area contributed by atoms with Gasteiger partial charge in [0.1, 0.15) is 42.2 Å². The summed E-state index contributed by atoms with van der Waals surface area (Å²) in [6, 6.07) is 0.459. The first-order valence-corrected chi connectivity index (χ1v) is 23.0. The normalized spacial score (nSPS) is 14.1. The quantitative estimate of drug-likeness (QED) is 0.0344. The maximum absolute atomic E-state index is 14.5. The van der Waals surface area contributed by atoms with Crippen LogP contribution >= 0.6 is 0 Å². The van der Waals surface area contributed by atoms with Crippen molar-refractivity contribution in [2.45, 2.75) is 136 Å². The van der Waals surface area contributed by atoms with Gasteiger partial charge in [-0.15, -0.1) is 0 Å². The highest BCUT2D eigenvalue weighted by atomic mass is 19.4. The Bertz CT molecular complexity index is 2530. The molecule has 6 atom stereocenters. The lowest BCUT2D eigenvalue weighted by molar-refractivity contribution is -0.394. The van der Waals surface area contributed by atoms with Crippen LogP contribution in [0.3, 0.4) is 0 Å². The molecule has 7 N–H and O–H groups in total. The summed E-state index contributed by atoms with van der Waals surface area (Å²) in [6.45, 7) is 13.0. The Morgan fingerprint density at radius 3 is 1.92 bits per heavy atom. The third kappa shape index (κ3) is 18.7. The number of nitrogens with zero attached hydrogens (tertiary/aromatic N) is 4. The largest absolute Gasteiger partial charge is 0.481 e. The zero-order chi connectivity index (χ0) is 55.1. The molecule has 26 heteroatoms. The third-order valence-electron chi connectivity index (χ3n) is 11.2. The number of aldehydes is 1. The van der Waals surface area contributed by atoms with Crippen molar-refractivity contribution in [2.75, 3.05) is 0 Å². The van der Waals surface area contributed by atoms with Crippen LogP contribution in [-0.2, 0) is 51.2 Å². The topological polar surface area (TPSA) is 333 Å². The molecule has 6 amide bonds. The number of aliphatic carboxylic acids is 1. The Hall–Kier alpha value is -7.80. The average molecular weight is 1030 g/mol. The van der Waals surface area contributed by atoms with Gasteiger partial charge in [-0.2, -0.15) is 13.2 Å². The zero-order valence-electron chi connectivity index (χ0n) is 41.4. The van der Waals surface area contributed by atoms with E-state index in [4.69, 9.17) is 0 Å². The summed E-state index contributed by atoms with van der Waals surface area (Å²) in [5.74, 6) is -7.97. The number of carboxylic acids is 1. The Morgan fingerprint density at radius 2 is 1.37 bits per heavy atom. The Morgan fingerprint density at radius 1 is 0.767 bits per heavy atom. The minimum atomic E-state index is -4.80. The molecule has 3 aromatic rings. The van der Waals surface area contributed by atoms with E-state index in [1.54, 1.807) is 79.7 Å². The summed E-state index contributed by atoms with van der Waals surface area (Å²) >= 11 is 0. The van der Waals surface area contributed by atoms with Crippen molar-refractivity contribution < 1.29 is 66.5 Å². The third-order valence-corrected chi connectivity index (χ3v) is 11.2. The van der Waals surface area contributed by atoms with Crippen molar-refractivity contribution in [1.29, 1.82) is 0 Å². The van der Waals surface area contributed by atoms with E-state index in [-0.39, 0.29) is 36.4 Å². The number of halogens is 3. The van der Waals surface area contributed by atoms with Gasteiger partial charge in [0, 0.05) is 31.5 Å². The van der Waals surface area contributed by atoms with Crippen molar-refractivity contribution in [1.82, 2.24) is 41.5 Å². The second kappa shape index (κ2) is 26.1. The summed E-state index contributed by atoms with van der Waals surface area (Å²) in [4.78, 5) is 132. The molecular formula is C47H61F3N10O13. The number of benzene rings is 2. The van der Waals surface area contributed by atoms with Gasteiger partial charge in [0.05, 0.1) is 46.8 Å². The van der Waals surface area contributed by atoms with Crippen LogP contribution in [0.25, 0.3) is 5.69 Å². The van der Waals surface area contributed by atoms with Crippen molar-refractivity contribution in [3.05, 3.63) is 92.0 Å². The van der Waals surface area contributed by atoms with Crippen LogP contribution in [-0.4, -0.2) is 115 Å².